The van der Waals surface area contributed by atoms with Crippen LogP contribution in [0.3, 0.4) is 0 Å². The Kier molecular flexibility index (Phi) is 4.24. The molecule has 2 aromatic carbocycles. The predicted octanol–water partition coefficient (Wildman–Crippen LogP) is 3.34. The Hall–Kier alpha value is -3.39. The van der Waals surface area contributed by atoms with E-state index in [1.807, 2.05) is 41.2 Å². The van der Waals surface area contributed by atoms with Crippen LogP contribution in [0.1, 0.15) is 17.1 Å². The molecule has 0 saturated carbocycles. The van der Waals surface area contributed by atoms with E-state index in [2.05, 4.69) is 45.9 Å². The maximum atomic E-state index is 5.54. The highest BCUT2D eigenvalue weighted by molar-refractivity contribution is 5.76. The highest BCUT2D eigenvalue weighted by atomic mass is 15.4. The molecule has 0 amide bonds. The normalized spacial score (nSPS) is 10.9. The number of hydrogen-bond donors (Lipinski definition) is 0. The van der Waals surface area contributed by atoms with Gasteiger partial charge in [0.1, 0.15) is 5.82 Å². The average Bonchev–Trinajstić information content (AvgIpc) is 3.26. The van der Waals surface area contributed by atoms with Crippen molar-refractivity contribution in [2.24, 2.45) is 0 Å². The Morgan fingerprint density at radius 1 is 1.08 bits per heavy atom. The van der Waals surface area contributed by atoms with E-state index >= 15 is 0 Å². The second kappa shape index (κ2) is 6.85. The third kappa shape index (κ3) is 3.09. The highest BCUT2D eigenvalue weighted by Gasteiger charge is 2.11. The third-order valence-corrected chi connectivity index (χ3v) is 4.39. The zero-order valence-electron chi connectivity index (χ0n) is 14.6. The van der Waals surface area contributed by atoms with E-state index in [1.165, 1.54) is 5.56 Å². The van der Waals surface area contributed by atoms with E-state index in [4.69, 9.17) is 11.4 Å². The van der Waals surface area contributed by atoms with Crippen LogP contribution in [0.25, 0.3) is 16.7 Å². The largest absolute Gasteiger partial charge is 0.316 e. The number of fused-ring (bicyclic) bond motifs is 1. The van der Waals surface area contributed by atoms with Crippen molar-refractivity contribution >= 4 is 11.0 Å². The molecule has 0 saturated heterocycles. The Bertz CT molecular complexity index is 1100. The summed E-state index contributed by atoms with van der Waals surface area (Å²) >= 11 is 0. The fraction of sp³-hybridized carbons (Fsp3) is 0.190. The standard InChI is InChI=1S/C21H19N5/c1-3-13-25-20-10-5-4-9-19(20)22-21(25)12-11-17-15-26(24-23-17)18-8-6-7-16(2)14-18/h1,4-10,14-15H,11-13H2,2H3. The van der Waals surface area contributed by atoms with Crippen molar-refractivity contribution in [3.05, 3.63) is 71.8 Å². The first-order valence-corrected chi connectivity index (χ1v) is 8.60. The molecule has 0 unspecified atom stereocenters. The molecule has 128 valence electrons. The molecule has 2 heterocycles. The Morgan fingerprint density at radius 3 is 2.81 bits per heavy atom. The van der Waals surface area contributed by atoms with Crippen LogP contribution in [-0.4, -0.2) is 24.5 Å². The lowest BCUT2D eigenvalue weighted by molar-refractivity contribution is 0.741. The van der Waals surface area contributed by atoms with Crippen LogP contribution in [0, 0.1) is 19.3 Å². The first kappa shape index (κ1) is 16.1. The van der Waals surface area contributed by atoms with Gasteiger partial charge in [-0.2, -0.15) is 0 Å². The molecular formula is C21H19N5. The third-order valence-electron chi connectivity index (χ3n) is 4.39. The molecule has 0 bridgehead atoms. The van der Waals surface area contributed by atoms with E-state index < -0.39 is 0 Å². The van der Waals surface area contributed by atoms with Gasteiger partial charge in [-0.05, 0) is 36.8 Å². The van der Waals surface area contributed by atoms with Gasteiger partial charge < -0.3 is 4.57 Å². The van der Waals surface area contributed by atoms with E-state index in [0.717, 1.165) is 41.1 Å². The summed E-state index contributed by atoms with van der Waals surface area (Å²) < 4.78 is 3.91. The fourth-order valence-corrected chi connectivity index (χ4v) is 3.13. The van der Waals surface area contributed by atoms with E-state index in [0.29, 0.717) is 6.54 Å². The zero-order valence-corrected chi connectivity index (χ0v) is 14.6. The summed E-state index contributed by atoms with van der Waals surface area (Å²) in [6.07, 6.45) is 9.05. The molecule has 0 aliphatic carbocycles. The number of para-hydroxylation sites is 2. The lowest BCUT2D eigenvalue weighted by Gasteiger charge is -2.04. The monoisotopic (exact) mass is 341 g/mol. The number of imidazole rings is 1. The van der Waals surface area contributed by atoms with Gasteiger partial charge in [-0.3, -0.25) is 0 Å². The van der Waals surface area contributed by atoms with Gasteiger partial charge in [0, 0.05) is 12.8 Å². The minimum absolute atomic E-state index is 0.520. The fourth-order valence-electron chi connectivity index (χ4n) is 3.13. The van der Waals surface area contributed by atoms with Crippen LogP contribution in [0.4, 0.5) is 0 Å². The van der Waals surface area contributed by atoms with Gasteiger partial charge >= 0.3 is 0 Å². The van der Waals surface area contributed by atoms with Gasteiger partial charge in [0.05, 0.1) is 35.2 Å². The minimum atomic E-state index is 0.520. The van der Waals surface area contributed by atoms with Gasteiger partial charge in [-0.25, -0.2) is 9.67 Å². The molecular weight excluding hydrogens is 322 g/mol. The summed E-state index contributed by atoms with van der Waals surface area (Å²) in [7, 11) is 0. The van der Waals surface area contributed by atoms with Crippen molar-refractivity contribution in [2.75, 3.05) is 0 Å². The molecule has 4 aromatic rings. The maximum Gasteiger partial charge on any atom is 0.111 e. The number of terminal acetylenes is 1. The molecule has 26 heavy (non-hydrogen) atoms. The summed E-state index contributed by atoms with van der Waals surface area (Å²) in [4.78, 5) is 4.74. The molecule has 0 N–H and O–H groups in total. The number of nitrogens with zero attached hydrogens (tertiary/aromatic N) is 5. The van der Waals surface area contributed by atoms with E-state index in [9.17, 15) is 0 Å². The van der Waals surface area contributed by atoms with Gasteiger partial charge in [-0.15, -0.1) is 11.5 Å². The van der Waals surface area contributed by atoms with Gasteiger partial charge in [0.15, 0.2) is 0 Å². The Labute approximate surface area is 152 Å². The van der Waals surface area contributed by atoms with Crippen LogP contribution >= 0.6 is 0 Å². The molecule has 4 rings (SSSR count). The second-order valence-corrected chi connectivity index (χ2v) is 6.30. The van der Waals surface area contributed by atoms with Crippen LogP contribution < -0.4 is 0 Å². The number of benzene rings is 2. The number of hydrogen-bond acceptors (Lipinski definition) is 3. The minimum Gasteiger partial charge on any atom is -0.316 e. The SMILES string of the molecule is C#CCn1c(CCc2cn(-c3cccc(C)c3)nn2)nc2ccccc21. The van der Waals surface area contributed by atoms with E-state index in [-0.39, 0.29) is 0 Å². The van der Waals surface area contributed by atoms with E-state index in [1.54, 1.807) is 0 Å². The summed E-state index contributed by atoms with van der Waals surface area (Å²) in [6, 6.07) is 16.3. The molecule has 2 aromatic heterocycles. The lowest BCUT2D eigenvalue weighted by atomic mass is 10.2. The number of rotatable bonds is 5. The van der Waals surface area contributed by atoms with Gasteiger partial charge in [0.25, 0.3) is 0 Å². The lowest BCUT2D eigenvalue weighted by Crippen LogP contribution is -2.04. The molecule has 5 nitrogen and oxygen atoms in total. The van der Waals surface area contributed by atoms with Crippen LogP contribution in [-0.2, 0) is 19.4 Å². The Balaban J connectivity index is 1.56. The van der Waals surface area contributed by atoms with Crippen molar-refractivity contribution in [3.63, 3.8) is 0 Å². The van der Waals surface area contributed by atoms with Crippen molar-refractivity contribution in [1.82, 2.24) is 24.5 Å². The van der Waals surface area contributed by atoms with Crippen molar-refractivity contribution in [3.8, 4) is 18.0 Å². The van der Waals surface area contributed by atoms with Crippen LogP contribution in [0.2, 0.25) is 0 Å². The molecule has 0 radical (unpaired) electrons. The smallest absolute Gasteiger partial charge is 0.111 e. The Morgan fingerprint density at radius 2 is 1.96 bits per heavy atom. The molecule has 5 heteroatoms. The molecule has 0 spiro atoms. The molecule has 0 fully saturated rings. The summed E-state index contributed by atoms with van der Waals surface area (Å²) in [5.74, 6) is 3.70. The molecule has 0 atom stereocenters. The molecule has 0 aliphatic rings. The first-order chi connectivity index (χ1) is 12.7. The van der Waals surface area contributed by atoms with Crippen LogP contribution in [0.15, 0.2) is 54.7 Å². The van der Waals surface area contributed by atoms with Crippen molar-refractivity contribution in [2.45, 2.75) is 26.3 Å². The zero-order chi connectivity index (χ0) is 17.9. The number of aryl methyl sites for hydroxylation is 3. The number of aromatic nitrogens is 5. The first-order valence-electron chi connectivity index (χ1n) is 8.60. The topological polar surface area (TPSA) is 48.5 Å². The highest BCUT2D eigenvalue weighted by Crippen LogP contribution is 2.17. The summed E-state index contributed by atoms with van der Waals surface area (Å²) in [5.41, 5.74) is 5.20. The molecule has 0 aliphatic heterocycles. The quantitative estimate of drug-likeness (QED) is 0.523. The van der Waals surface area contributed by atoms with Crippen molar-refractivity contribution in [1.29, 1.82) is 0 Å². The summed E-state index contributed by atoms with van der Waals surface area (Å²) in [6.45, 7) is 2.59. The second-order valence-electron chi connectivity index (χ2n) is 6.30. The van der Waals surface area contributed by atoms with Crippen LogP contribution in [0.5, 0.6) is 0 Å². The van der Waals surface area contributed by atoms with Crippen molar-refractivity contribution < 1.29 is 0 Å². The predicted molar refractivity (Wildman–Crippen MR) is 102 cm³/mol. The van der Waals surface area contributed by atoms with Gasteiger partial charge in [0.2, 0.25) is 0 Å². The summed E-state index contributed by atoms with van der Waals surface area (Å²) in [5, 5.41) is 8.55. The van der Waals surface area contributed by atoms with Gasteiger partial charge in [-0.1, -0.05) is 35.4 Å². The maximum absolute atomic E-state index is 5.54. The average molecular weight is 341 g/mol.